The number of carbonyl (C=O) groups is 1. The van der Waals surface area contributed by atoms with E-state index in [0.29, 0.717) is 19.5 Å². The minimum absolute atomic E-state index is 0.144. The molecule has 0 aliphatic carbocycles. The van der Waals surface area contributed by atoms with Crippen LogP contribution in [0.3, 0.4) is 0 Å². The van der Waals surface area contributed by atoms with E-state index in [4.69, 9.17) is 4.74 Å². The highest BCUT2D eigenvalue weighted by Gasteiger charge is 2.18. The fourth-order valence-corrected chi connectivity index (χ4v) is 6.74. The Morgan fingerprint density at radius 3 is 2.74 bits per heavy atom. The van der Waals surface area contributed by atoms with Gasteiger partial charge in [-0.05, 0) is 118 Å². The summed E-state index contributed by atoms with van der Waals surface area (Å²) in [5.41, 5.74) is 4.85. The highest BCUT2D eigenvalue weighted by molar-refractivity contribution is 5.88. The van der Waals surface area contributed by atoms with Gasteiger partial charge in [-0.25, -0.2) is 0 Å². The van der Waals surface area contributed by atoms with Gasteiger partial charge in [-0.1, -0.05) is 80.6 Å². The molecule has 8 heteroatoms. The van der Waals surface area contributed by atoms with Gasteiger partial charge in [-0.15, -0.1) is 0 Å². The lowest BCUT2D eigenvalue weighted by Gasteiger charge is -2.31. The summed E-state index contributed by atoms with van der Waals surface area (Å²) in [5.74, 6) is 0.937. The summed E-state index contributed by atoms with van der Waals surface area (Å²) in [7, 11) is 0. The Morgan fingerprint density at radius 1 is 1.08 bits per heavy atom. The number of amides is 1. The van der Waals surface area contributed by atoms with Crippen molar-refractivity contribution in [3.05, 3.63) is 102 Å². The van der Waals surface area contributed by atoms with Crippen LogP contribution in [-0.4, -0.2) is 93.2 Å². The topological polar surface area (TPSA) is 89.4 Å². The second-order valence-corrected chi connectivity index (χ2v) is 13.9. The van der Waals surface area contributed by atoms with Crippen molar-refractivity contribution in [1.82, 2.24) is 15.5 Å². The van der Waals surface area contributed by atoms with Gasteiger partial charge in [0.2, 0.25) is 5.91 Å². The number of rotatable bonds is 23. The molecule has 0 spiro atoms. The van der Waals surface area contributed by atoms with Crippen molar-refractivity contribution in [1.29, 1.82) is 0 Å². The number of aryl methyl sites for hydroxylation is 1. The van der Waals surface area contributed by atoms with Gasteiger partial charge in [0.25, 0.3) is 0 Å². The molecule has 8 nitrogen and oxygen atoms in total. The number of hydrogen-bond donors (Lipinski definition) is 3. The van der Waals surface area contributed by atoms with Crippen molar-refractivity contribution >= 4 is 34.7 Å². The van der Waals surface area contributed by atoms with Crippen molar-refractivity contribution in [3.63, 3.8) is 0 Å². The highest BCUT2D eigenvalue weighted by atomic mass is 16.5. The number of anilines is 1. The van der Waals surface area contributed by atoms with Crippen LogP contribution in [-0.2, 0) is 11.2 Å². The molecule has 2 unspecified atom stereocenters. The molecule has 0 aromatic heterocycles. The molecule has 3 aromatic rings. The molecule has 1 heterocycles. The lowest BCUT2D eigenvalue weighted by molar-refractivity contribution is -0.121. The van der Waals surface area contributed by atoms with E-state index in [2.05, 4.69) is 94.8 Å². The number of hydrogen-bond acceptors (Lipinski definition) is 7. The van der Waals surface area contributed by atoms with Crippen molar-refractivity contribution in [2.24, 2.45) is 4.99 Å². The average Bonchev–Trinajstić information content (AvgIpc) is 3.17. The predicted octanol–water partition coefficient (Wildman–Crippen LogP) is 7.62. The second-order valence-electron chi connectivity index (χ2n) is 13.9. The monoisotopic (exact) mass is 721 g/mol. The molecule has 0 saturated heterocycles. The number of nitrogens with zero attached hydrogens (tertiary/aromatic N) is 3. The van der Waals surface area contributed by atoms with Crippen LogP contribution in [0.25, 0.3) is 16.8 Å². The van der Waals surface area contributed by atoms with Gasteiger partial charge >= 0.3 is 0 Å². The van der Waals surface area contributed by atoms with E-state index in [1.54, 1.807) is 0 Å². The summed E-state index contributed by atoms with van der Waals surface area (Å²) in [6.07, 6.45) is 17.4. The normalized spacial score (nSPS) is 14.8. The van der Waals surface area contributed by atoms with Crippen LogP contribution in [0.2, 0.25) is 0 Å². The number of benzene rings is 3. The largest absolute Gasteiger partial charge is 0.490 e. The molecule has 3 aromatic carbocycles. The molecule has 53 heavy (non-hydrogen) atoms. The maximum atomic E-state index is 12.7. The number of aliphatic hydroxyl groups excluding tert-OH is 1. The van der Waals surface area contributed by atoms with E-state index >= 15 is 0 Å². The lowest BCUT2D eigenvalue weighted by atomic mass is 9.98. The summed E-state index contributed by atoms with van der Waals surface area (Å²) in [4.78, 5) is 22.1. The molecule has 0 bridgehead atoms. The van der Waals surface area contributed by atoms with Gasteiger partial charge in [0.15, 0.2) is 0 Å². The van der Waals surface area contributed by atoms with E-state index in [1.165, 1.54) is 16.8 Å². The molecule has 286 valence electrons. The van der Waals surface area contributed by atoms with E-state index in [-0.39, 0.29) is 18.6 Å². The van der Waals surface area contributed by atoms with E-state index in [9.17, 15) is 9.90 Å². The molecule has 3 N–H and O–H groups in total. The second kappa shape index (κ2) is 23.4. The lowest BCUT2D eigenvalue weighted by Crippen LogP contribution is -2.37. The minimum Gasteiger partial charge on any atom is -0.490 e. The number of fused-ring (bicyclic) bond motifs is 2. The van der Waals surface area contributed by atoms with Crippen LogP contribution in [0, 0.1) is 0 Å². The van der Waals surface area contributed by atoms with Gasteiger partial charge in [-0.3, -0.25) is 9.79 Å². The van der Waals surface area contributed by atoms with E-state index < -0.39 is 6.10 Å². The summed E-state index contributed by atoms with van der Waals surface area (Å²) in [6, 6.07) is 21.0. The number of nitrogens with one attached hydrogen (secondary N) is 2. The molecule has 0 fully saturated rings. The molecule has 1 aliphatic heterocycles. The first kappa shape index (κ1) is 41.5. The Balaban J connectivity index is 1.15. The first-order valence-corrected chi connectivity index (χ1v) is 19.8. The van der Waals surface area contributed by atoms with Crippen molar-refractivity contribution in [2.75, 3.05) is 63.9 Å². The molecule has 1 amide bonds. The van der Waals surface area contributed by atoms with Crippen LogP contribution in [0.4, 0.5) is 5.69 Å². The fourth-order valence-electron chi connectivity index (χ4n) is 6.74. The quantitative estimate of drug-likeness (QED) is 0.0531. The summed E-state index contributed by atoms with van der Waals surface area (Å²) in [5, 5.41) is 19.1. The zero-order valence-electron chi connectivity index (χ0n) is 32.6. The minimum atomic E-state index is -0.588. The third-order valence-corrected chi connectivity index (χ3v) is 9.74. The van der Waals surface area contributed by atoms with Crippen LogP contribution in [0.15, 0.2) is 95.5 Å². The predicted molar refractivity (Wildman–Crippen MR) is 224 cm³/mol. The average molecular weight is 722 g/mol. The molecule has 2 atom stereocenters. The Labute approximate surface area is 318 Å². The first-order chi connectivity index (χ1) is 25.9. The smallest absolute Gasteiger partial charge is 0.221 e. The van der Waals surface area contributed by atoms with Crippen molar-refractivity contribution in [3.8, 4) is 5.75 Å². The molecule has 0 radical (unpaired) electrons. The first-order valence-electron chi connectivity index (χ1n) is 19.8. The van der Waals surface area contributed by atoms with Gasteiger partial charge < -0.3 is 30.3 Å². The Hall–Kier alpha value is -4.24. The SMILES string of the molecule is C/C=C\C(C=Cc1ccc2c(c1)CCCN2CCC(=O)NC(C)CCCN(CC)CC)=C/C=NCCCNCC(O)COc1cccc2ccccc12. The summed E-state index contributed by atoms with van der Waals surface area (Å²) < 4.78 is 5.91. The third-order valence-electron chi connectivity index (χ3n) is 9.74. The molecule has 1 aliphatic rings. The number of ether oxygens (including phenoxy) is 1. The number of aliphatic imine (C=N–C) groups is 1. The third kappa shape index (κ3) is 14.6. The maximum absolute atomic E-state index is 12.7. The standard InChI is InChI=1S/C45H63N5O3/c1-5-14-37(25-29-46-27-13-28-47-34-41(51)35-53-44-20-10-17-39-16-8-9-19-42(39)44)21-22-38-23-24-43-40(33-38)18-12-31-50(43)32-26-45(52)48-36(4)15-11-30-49(6-2)7-3/h5,8-10,14,16-17,19-25,29,33,36,41,47,51H,6-7,11-13,15,18,26-28,30-32,34-35H2,1-4H3,(H,48,52)/b14-5-,22-21?,37-25+,46-29?. The number of carbonyl (C=O) groups excluding carboxylic acids is 1. The number of aliphatic hydroxyl groups is 1. The van der Waals surface area contributed by atoms with Crippen LogP contribution >= 0.6 is 0 Å². The Kier molecular flexibility index (Phi) is 18.4. The van der Waals surface area contributed by atoms with E-state index in [1.807, 2.05) is 55.6 Å². The van der Waals surface area contributed by atoms with Crippen LogP contribution < -0.4 is 20.3 Å². The maximum Gasteiger partial charge on any atom is 0.221 e. The van der Waals surface area contributed by atoms with E-state index in [0.717, 1.165) is 93.5 Å². The molecule has 4 rings (SSSR count). The van der Waals surface area contributed by atoms with Crippen molar-refractivity contribution < 1.29 is 14.6 Å². The van der Waals surface area contributed by atoms with Gasteiger partial charge in [-0.2, -0.15) is 0 Å². The molecular formula is C45H63N5O3. The summed E-state index contributed by atoms with van der Waals surface area (Å²) >= 11 is 0. The highest BCUT2D eigenvalue weighted by Crippen LogP contribution is 2.29. The van der Waals surface area contributed by atoms with Gasteiger partial charge in [0.1, 0.15) is 18.5 Å². The zero-order chi connectivity index (χ0) is 37.7. The molecular weight excluding hydrogens is 659 g/mol. The zero-order valence-corrected chi connectivity index (χ0v) is 32.6. The van der Waals surface area contributed by atoms with Gasteiger partial charge in [0.05, 0.1) is 0 Å². The molecule has 0 saturated carbocycles. The fraction of sp³-hybridized carbons (Fsp3) is 0.467. The van der Waals surface area contributed by atoms with Crippen molar-refractivity contribution in [2.45, 2.75) is 78.4 Å². The number of allylic oxidation sites excluding steroid dienone is 5. The van der Waals surface area contributed by atoms with Crippen LogP contribution in [0.5, 0.6) is 5.75 Å². The van der Waals surface area contributed by atoms with Crippen LogP contribution in [0.1, 0.15) is 70.9 Å². The summed E-state index contributed by atoms with van der Waals surface area (Å²) in [6.45, 7) is 15.7. The van der Waals surface area contributed by atoms with Gasteiger partial charge in [0, 0.05) is 55.9 Å². The Morgan fingerprint density at radius 2 is 1.91 bits per heavy atom. The Bertz CT molecular complexity index is 1660.